The van der Waals surface area contributed by atoms with Crippen LogP contribution in [0.4, 0.5) is 5.82 Å². The van der Waals surface area contributed by atoms with Crippen LogP contribution in [-0.2, 0) is 20.9 Å². The number of ketones is 1. The first-order valence-electron chi connectivity index (χ1n) is 5.80. The molecule has 8 nitrogen and oxygen atoms in total. The lowest BCUT2D eigenvalue weighted by Gasteiger charge is -2.01. The van der Waals surface area contributed by atoms with Crippen LogP contribution in [0.15, 0.2) is 6.07 Å². The van der Waals surface area contributed by atoms with Crippen molar-refractivity contribution in [1.29, 1.82) is 0 Å². The fraction of sp³-hybridized carbons (Fsp3) is 0.545. The van der Waals surface area contributed by atoms with Gasteiger partial charge in [-0.15, -0.1) is 0 Å². The van der Waals surface area contributed by atoms with E-state index in [0.29, 0.717) is 5.69 Å². The molecular weight excluding hydrogens is 254 g/mol. The second-order valence-electron chi connectivity index (χ2n) is 3.90. The molecule has 0 bridgehead atoms. The molecule has 0 aliphatic rings. The summed E-state index contributed by atoms with van der Waals surface area (Å²) in [5.74, 6) is -0.955. The standard InChI is InChI=1S/C11H15N3O5/c1-3-19-11(16)5-4-9(15)7-13-8(2)6-10(12-13)14(17)18/h6H,3-5,7H2,1-2H3. The van der Waals surface area contributed by atoms with Crippen LogP contribution in [0, 0.1) is 17.0 Å². The van der Waals surface area contributed by atoms with Gasteiger partial charge in [-0.1, -0.05) is 0 Å². The van der Waals surface area contributed by atoms with Gasteiger partial charge in [-0.25, -0.2) is 0 Å². The molecule has 0 aliphatic heterocycles. The minimum Gasteiger partial charge on any atom is -0.466 e. The molecule has 1 heterocycles. The van der Waals surface area contributed by atoms with Crippen LogP contribution in [0.1, 0.15) is 25.5 Å². The molecule has 0 saturated carbocycles. The molecule has 0 aromatic carbocycles. The van der Waals surface area contributed by atoms with E-state index in [4.69, 9.17) is 4.74 Å². The highest BCUT2D eigenvalue weighted by atomic mass is 16.6. The highest BCUT2D eigenvalue weighted by Crippen LogP contribution is 2.11. The first kappa shape index (κ1) is 14.8. The summed E-state index contributed by atoms with van der Waals surface area (Å²) >= 11 is 0. The molecule has 0 aliphatic carbocycles. The molecule has 0 fully saturated rings. The number of ether oxygens (including phenoxy) is 1. The smallest absolute Gasteiger partial charge is 0.390 e. The second kappa shape index (κ2) is 6.62. The Balaban J connectivity index is 2.53. The third-order valence-corrected chi connectivity index (χ3v) is 2.39. The Bertz CT molecular complexity index is 495. The number of carbonyl (C=O) groups is 2. The van der Waals surface area contributed by atoms with Gasteiger partial charge in [0.05, 0.1) is 29.9 Å². The van der Waals surface area contributed by atoms with Crippen LogP contribution in [0.3, 0.4) is 0 Å². The molecule has 0 spiro atoms. The van der Waals surface area contributed by atoms with Gasteiger partial charge in [0.15, 0.2) is 5.78 Å². The van der Waals surface area contributed by atoms with Crippen LogP contribution in [0.2, 0.25) is 0 Å². The Morgan fingerprint density at radius 3 is 2.68 bits per heavy atom. The number of carbonyl (C=O) groups excluding carboxylic acids is 2. The van der Waals surface area contributed by atoms with Gasteiger partial charge in [0.1, 0.15) is 6.54 Å². The van der Waals surface area contributed by atoms with Gasteiger partial charge in [0.2, 0.25) is 0 Å². The highest BCUT2D eigenvalue weighted by Gasteiger charge is 2.17. The first-order valence-corrected chi connectivity index (χ1v) is 5.80. The van der Waals surface area contributed by atoms with Gasteiger partial charge in [-0.05, 0) is 18.8 Å². The third-order valence-electron chi connectivity index (χ3n) is 2.39. The van der Waals surface area contributed by atoms with E-state index in [2.05, 4.69) is 5.10 Å². The maximum atomic E-state index is 11.6. The van der Waals surface area contributed by atoms with E-state index in [0.717, 1.165) is 0 Å². The predicted molar refractivity (Wildman–Crippen MR) is 64.5 cm³/mol. The van der Waals surface area contributed by atoms with Gasteiger partial charge < -0.3 is 14.9 Å². The van der Waals surface area contributed by atoms with Crippen molar-refractivity contribution in [2.24, 2.45) is 0 Å². The summed E-state index contributed by atoms with van der Waals surface area (Å²) in [4.78, 5) is 32.6. The summed E-state index contributed by atoms with van der Waals surface area (Å²) in [6, 6.07) is 1.29. The van der Waals surface area contributed by atoms with Crippen LogP contribution in [-0.4, -0.2) is 33.1 Å². The van der Waals surface area contributed by atoms with Gasteiger partial charge >= 0.3 is 11.8 Å². The zero-order chi connectivity index (χ0) is 14.4. The topological polar surface area (TPSA) is 104 Å². The lowest BCUT2D eigenvalue weighted by Crippen LogP contribution is -2.15. The summed E-state index contributed by atoms with van der Waals surface area (Å²) in [7, 11) is 0. The Morgan fingerprint density at radius 2 is 2.16 bits per heavy atom. The number of Topliss-reactive ketones (excluding diaryl/α,β-unsaturated/α-hetero) is 1. The largest absolute Gasteiger partial charge is 0.466 e. The first-order chi connectivity index (χ1) is 8.93. The molecule has 1 aromatic rings. The molecule has 1 aromatic heterocycles. The normalized spacial score (nSPS) is 10.2. The van der Waals surface area contributed by atoms with Gasteiger partial charge in [0.25, 0.3) is 0 Å². The molecule has 0 unspecified atom stereocenters. The molecule has 19 heavy (non-hydrogen) atoms. The van der Waals surface area contributed by atoms with E-state index in [1.54, 1.807) is 13.8 Å². The average molecular weight is 269 g/mol. The minimum absolute atomic E-state index is 0.00901. The number of hydrogen-bond acceptors (Lipinski definition) is 6. The van der Waals surface area contributed by atoms with Crippen LogP contribution >= 0.6 is 0 Å². The molecule has 0 N–H and O–H groups in total. The van der Waals surface area contributed by atoms with E-state index >= 15 is 0 Å². The maximum absolute atomic E-state index is 11.6. The molecular formula is C11H15N3O5. The third kappa shape index (κ3) is 4.49. The van der Waals surface area contributed by atoms with Crippen molar-refractivity contribution in [3.8, 4) is 0 Å². The summed E-state index contributed by atoms with van der Waals surface area (Å²) < 4.78 is 5.95. The quantitative estimate of drug-likeness (QED) is 0.415. The van der Waals surface area contributed by atoms with Crippen molar-refractivity contribution in [2.45, 2.75) is 33.2 Å². The highest BCUT2D eigenvalue weighted by molar-refractivity contribution is 5.82. The average Bonchev–Trinajstić information content (AvgIpc) is 2.69. The SMILES string of the molecule is CCOC(=O)CCC(=O)Cn1nc([N+](=O)[O-])cc1C. The Hall–Kier alpha value is -2.25. The summed E-state index contributed by atoms with van der Waals surface area (Å²) in [6.45, 7) is 3.50. The molecule has 0 amide bonds. The summed E-state index contributed by atoms with van der Waals surface area (Å²) in [5.41, 5.74) is 0.524. The van der Waals surface area contributed by atoms with Crippen molar-refractivity contribution in [1.82, 2.24) is 9.78 Å². The molecule has 1 rings (SSSR count). The van der Waals surface area contributed by atoms with Crippen molar-refractivity contribution >= 4 is 17.6 Å². The maximum Gasteiger partial charge on any atom is 0.390 e. The van der Waals surface area contributed by atoms with E-state index in [1.165, 1.54) is 10.7 Å². The van der Waals surface area contributed by atoms with Crippen LogP contribution < -0.4 is 0 Å². The van der Waals surface area contributed by atoms with Crippen molar-refractivity contribution in [2.75, 3.05) is 6.61 Å². The van der Waals surface area contributed by atoms with Crippen LogP contribution in [0.5, 0.6) is 0 Å². The molecule has 0 atom stereocenters. The Morgan fingerprint density at radius 1 is 1.47 bits per heavy atom. The fourth-order valence-electron chi connectivity index (χ4n) is 1.46. The number of aryl methyl sites for hydroxylation is 1. The van der Waals surface area contributed by atoms with Crippen molar-refractivity contribution in [3.05, 3.63) is 21.9 Å². The molecule has 104 valence electrons. The Labute approximate surface area is 109 Å². The van der Waals surface area contributed by atoms with Gasteiger partial charge in [-0.3, -0.25) is 9.59 Å². The molecule has 0 radical (unpaired) electrons. The van der Waals surface area contributed by atoms with Crippen molar-refractivity contribution in [3.63, 3.8) is 0 Å². The zero-order valence-corrected chi connectivity index (χ0v) is 10.8. The molecule has 0 saturated heterocycles. The number of aromatic nitrogens is 2. The van der Waals surface area contributed by atoms with E-state index < -0.39 is 10.9 Å². The lowest BCUT2D eigenvalue weighted by molar-refractivity contribution is -0.389. The molecule has 8 heteroatoms. The fourth-order valence-corrected chi connectivity index (χ4v) is 1.46. The number of rotatable bonds is 7. The van der Waals surface area contributed by atoms with E-state index in [1.807, 2.05) is 0 Å². The van der Waals surface area contributed by atoms with E-state index in [-0.39, 0.29) is 37.6 Å². The number of esters is 1. The van der Waals surface area contributed by atoms with Gasteiger partial charge in [0, 0.05) is 6.42 Å². The van der Waals surface area contributed by atoms with Gasteiger partial charge in [-0.2, -0.15) is 4.68 Å². The van der Waals surface area contributed by atoms with Crippen molar-refractivity contribution < 1.29 is 19.2 Å². The number of nitro groups is 1. The zero-order valence-electron chi connectivity index (χ0n) is 10.8. The number of nitrogens with zero attached hydrogens (tertiary/aromatic N) is 3. The van der Waals surface area contributed by atoms with Crippen LogP contribution in [0.25, 0.3) is 0 Å². The second-order valence-corrected chi connectivity index (χ2v) is 3.90. The lowest BCUT2D eigenvalue weighted by atomic mass is 10.2. The van der Waals surface area contributed by atoms with E-state index in [9.17, 15) is 19.7 Å². The Kier molecular flexibility index (Phi) is 5.16. The predicted octanol–water partition coefficient (Wildman–Crippen LogP) is 1.01. The summed E-state index contributed by atoms with van der Waals surface area (Å²) in [5, 5.41) is 14.2. The number of hydrogen-bond donors (Lipinski definition) is 0. The minimum atomic E-state index is -0.618. The monoisotopic (exact) mass is 269 g/mol. The summed E-state index contributed by atoms with van der Waals surface area (Å²) in [6.07, 6.45) is 0.0427.